The van der Waals surface area contributed by atoms with Crippen molar-refractivity contribution in [1.29, 1.82) is 0 Å². The lowest BCUT2D eigenvalue weighted by molar-refractivity contribution is 0.0948. The monoisotopic (exact) mass is 368 g/mol. The Labute approximate surface area is 155 Å². The maximum atomic E-state index is 13.5. The van der Waals surface area contributed by atoms with Crippen LogP contribution in [0.25, 0.3) is 0 Å². The molecule has 0 fully saturated rings. The number of halogens is 2. The third-order valence-electron chi connectivity index (χ3n) is 3.92. The minimum atomic E-state index is -0.371. The molecule has 27 heavy (non-hydrogen) atoms. The number of hydrogen-bond acceptors (Lipinski definition) is 4. The summed E-state index contributed by atoms with van der Waals surface area (Å²) in [6.07, 6.45) is 0.392. The van der Waals surface area contributed by atoms with E-state index in [1.807, 2.05) is 0 Å². The number of nitrogens with one attached hydrogen (secondary N) is 2. The predicted octanol–water partition coefficient (Wildman–Crippen LogP) is 3.34. The Morgan fingerprint density at radius 2 is 1.70 bits per heavy atom. The van der Waals surface area contributed by atoms with Crippen LogP contribution < -0.4 is 10.6 Å². The van der Waals surface area contributed by atoms with Crippen LogP contribution in [0.4, 0.5) is 14.6 Å². The Hall–Kier alpha value is -3.35. The van der Waals surface area contributed by atoms with E-state index in [9.17, 15) is 13.6 Å². The summed E-state index contributed by atoms with van der Waals surface area (Å²) in [7, 11) is 0. The highest BCUT2D eigenvalue weighted by Crippen LogP contribution is 2.08. The van der Waals surface area contributed by atoms with Gasteiger partial charge in [0.15, 0.2) is 5.69 Å². The van der Waals surface area contributed by atoms with Crippen molar-refractivity contribution >= 4 is 11.7 Å². The van der Waals surface area contributed by atoms with E-state index in [1.54, 1.807) is 42.5 Å². The van der Waals surface area contributed by atoms with Crippen molar-refractivity contribution < 1.29 is 13.6 Å². The smallest absolute Gasteiger partial charge is 0.271 e. The van der Waals surface area contributed by atoms with E-state index in [0.717, 1.165) is 5.56 Å². The molecule has 1 aromatic heterocycles. The van der Waals surface area contributed by atoms with Gasteiger partial charge >= 0.3 is 0 Å². The first-order valence-corrected chi connectivity index (χ1v) is 8.45. The molecule has 0 aliphatic rings. The fourth-order valence-corrected chi connectivity index (χ4v) is 2.44. The molecular weight excluding hydrogens is 350 g/mol. The molecule has 0 atom stereocenters. The highest BCUT2D eigenvalue weighted by Gasteiger charge is 2.08. The van der Waals surface area contributed by atoms with Crippen LogP contribution in [0, 0.1) is 11.6 Å². The van der Waals surface area contributed by atoms with Crippen LogP contribution in [0.5, 0.6) is 0 Å². The molecule has 1 amide bonds. The second kappa shape index (κ2) is 8.84. The Kier molecular flexibility index (Phi) is 6.04. The lowest BCUT2D eigenvalue weighted by Crippen LogP contribution is -2.27. The summed E-state index contributed by atoms with van der Waals surface area (Å²) in [5, 5.41) is 13.6. The van der Waals surface area contributed by atoms with Gasteiger partial charge in [0, 0.05) is 13.1 Å². The zero-order valence-corrected chi connectivity index (χ0v) is 14.5. The van der Waals surface area contributed by atoms with Gasteiger partial charge in [-0.2, -0.15) is 0 Å². The van der Waals surface area contributed by atoms with E-state index in [0.29, 0.717) is 30.9 Å². The van der Waals surface area contributed by atoms with Crippen LogP contribution in [0.2, 0.25) is 0 Å². The average Bonchev–Trinajstić information content (AvgIpc) is 2.69. The topological polar surface area (TPSA) is 66.9 Å². The Morgan fingerprint density at radius 1 is 0.926 bits per heavy atom. The maximum absolute atomic E-state index is 13.5. The number of amides is 1. The fraction of sp³-hybridized carbons (Fsp3) is 0.150. The Balaban J connectivity index is 1.48. The minimum absolute atomic E-state index is 0.177. The maximum Gasteiger partial charge on any atom is 0.271 e. The van der Waals surface area contributed by atoms with E-state index in [-0.39, 0.29) is 23.2 Å². The number of anilines is 1. The van der Waals surface area contributed by atoms with Gasteiger partial charge in [0.25, 0.3) is 5.91 Å². The first-order chi connectivity index (χ1) is 13.1. The second-order valence-electron chi connectivity index (χ2n) is 5.88. The normalized spacial score (nSPS) is 10.4. The molecule has 7 heteroatoms. The van der Waals surface area contributed by atoms with Crippen molar-refractivity contribution in [2.75, 3.05) is 11.9 Å². The van der Waals surface area contributed by atoms with Crippen molar-refractivity contribution in [2.45, 2.75) is 13.0 Å². The molecule has 0 saturated carbocycles. The SMILES string of the molecule is O=C(NCCc1ccccc1F)c1ccc(NCc2ccc(F)cc2)nn1. The largest absolute Gasteiger partial charge is 0.365 e. The van der Waals surface area contributed by atoms with Gasteiger partial charge in [0.05, 0.1) is 0 Å². The number of rotatable bonds is 7. The van der Waals surface area contributed by atoms with Crippen molar-refractivity contribution in [2.24, 2.45) is 0 Å². The minimum Gasteiger partial charge on any atom is -0.365 e. The van der Waals surface area contributed by atoms with Crippen LogP contribution in [-0.2, 0) is 13.0 Å². The molecule has 3 rings (SSSR count). The number of carbonyl (C=O) groups is 1. The lowest BCUT2D eigenvalue weighted by Gasteiger charge is -2.07. The zero-order chi connectivity index (χ0) is 19.1. The molecule has 0 spiro atoms. The number of nitrogens with zero attached hydrogens (tertiary/aromatic N) is 2. The number of hydrogen-bond donors (Lipinski definition) is 2. The fourth-order valence-electron chi connectivity index (χ4n) is 2.44. The van der Waals surface area contributed by atoms with Gasteiger partial charge in [-0.15, -0.1) is 10.2 Å². The molecule has 0 saturated heterocycles. The van der Waals surface area contributed by atoms with Gasteiger partial charge in [0.2, 0.25) is 0 Å². The highest BCUT2D eigenvalue weighted by atomic mass is 19.1. The summed E-state index contributed by atoms with van der Waals surface area (Å²) in [5.41, 5.74) is 1.62. The molecule has 138 valence electrons. The van der Waals surface area contributed by atoms with Crippen LogP contribution >= 0.6 is 0 Å². The van der Waals surface area contributed by atoms with Crippen molar-refractivity contribution in [3.05, 3.63) is 89.1 Å². The van der Waals surface area contributed by atoms with Crippen LogP contribution in [-0.4, -0.2) is 22.6 Å². The van der Waals surface area contributed by atoms with Crippen molar-refractivity contribution in [3.63, 3.8) is 0 Å². The summed E-state index contributed by atoms with van der Waals surface area (Å²) in [6, 6.07) is 15.8. The molecule has 0 aliphatic carbocycles. The van der Waals surface area contributed by atoms with Gasteiger partial charge in [-0.3, -0.25) is 4.79 Å². The number of aromatic nitrogens is 2. The van der Waals surface area contributed by atoms with Crippen molar-refractivity contribution in [3.8, 4) is 0 Å². The quantitative estimate of drug-likeness (QED) is 0.671. The van der Waals surface area contributed by atoms with Crippen LogP contribution in [0.3, 0.4) is 0 Å². The molecule has 3 aromatic rings. The summed E-state index contributed by atoms with van der Waals surface area (Å²) in [4.78, 5) is 12.1. The van der Waals surface area contributed by atoms with Crippen molar-refractivity contribution in [1.82, 2.24) is 15.5 Å². The van der Waals surface area contributed by atoms with E-state index in [2.05, 4.69) is 20.8 Å². The second-order valence-corrected chi connectivity index (χ2v) is 5.88. The zero-order valence-electron chi connectivity index (χ0n) is 14.5. The van der Waals surface area contributed by atoms with Gasteiger partial charge in [0.1, 0.15) is 17.5 Å². The number of benzene rings is 2. The molecule has 5 nitrogen and oxygen atoms in total. The molecule has 2 N–H and O–H groups in total. The third-order valence-corrected chi connectivity index (χ3v) is 3.92. The van der Waals surface area contributed by atoms with Gasteiger partial charge < -0.3 is 10.6 Å². The van der Waals surface area contributed by atoms with Crippen LogP contribution in [0.1, 0.15) is 21.6 Å². The summed E-state index contributed by atoms with van der Waals surface area (Å²) >= 11 is 0. The average molecular weight is 368 g/mol. The molecule has 0 radical (unpaired) electrons. The molecule has 0 aliphatic heterocycles. The van der Waals surface area contributed by atoms with Gasteiger partial charge in [-0.1, -0.05) is 30.3 Å². The summed E-state index contributed by atoms with van der Waals surface area (Å²) in [5.74, 6) is -0.446. The molecule has 0 bridgehead atoms. The van der Waals surface area contributed by atoms with E-state index in [4.69, 9.17) is 0 Å². The summed E-state index contributed by atoms with van der Waals surface area (Å²) < 4.78 is 26.4. The van der Waals surface area contributed by atoms with E-state index < -0.39 is 0 Å². The summed E-state index contributed by atoms with van der Waals surface area (Å²) in [6.45, 7) is 0.759. The van der Waals surface area contributed by atoms with E-state index in [1.165, 1.54) is 18.2 Å². The third kappa shape index (κ3) is 5.31. The first kappa shape index (κ1) is 18.4. The molecule has 0 unspecified atom stereocenters. The molecule has 2 aromatic carbocycles. The highest BCUT2D eigenvalue weighted by molar-refractivity contribution is 5.92. The first-order valence-electron chi connectivity index (χ1n) is 8.45. The van der Waals surface area contributed by atoms with E-state index >= 15 is 0 Å². The molecular formula is C20H18F2N4O. The number of carbonyl (C=O) groups excluding carboxylic acids is 1. The Bertz CT molecular complexity index is 899. The van der Waals surface area contributed by atoms with Crippen LogP contribution in [0.15, 0.2) is 60.7 Å². The molecule has 1 heterocycles. The predicted molar refractivity (Wildman–Crippen MR) is 98.2 cm³/mol. The van der Waals surface area contributed by atoms with Gasteiger partial charge in [-0.25, -0.2) is 8.78 Å². The lowest BCUT2D eigenvalue weighted by atomic mass is 10.1. The standard InChI is InChI=1S/C20H18F2N4O/c21-16-7-5-14(6-8-16)13-24-19-10-9-18(25-26-19)20(27)23-12-11-15-3-1-2-4-17(15)22/h1-10H,11-13H2,(H,23,27)(H,24,26). The van der Waals surface area contributed by atoms with Gasteiger partial charge in [-0.05, 0) is 47.9 Å². The Morgan fingerprint density at radius 3 is 2.41 bits per heavy atom.